The van der Waals surface area contributed by atoms with Gasteiger partial charge in [0.25, 0.3) is 0 Å². The number of hydrogen-bond acceptors (Lipinski definition) is 7. The van der Waals surface area contributed by atoms with Crippen LogP contribution in [0.3, 0.4) is 0 Å². The summed E-state index contributed by atoms with van der Waals surface area (Å²) in [6, 6.07) is 14.4. The molecular weight excluding hydrogens is 424 g/mol. The normalized spacial score (nSPS) is 10.8. The monoisotopic (exact) mass is 450 g/mol. The highest BCUT2D eigenvalue weighted by atomic mass is 16.5. The van der Waals surface area contributed by atoms with Crippen molar-refractivity contribution in [3.05, 3.63) is 71.8 Å². The van der Waals surface area contributed by atoms with Crippen molar-refractivity contribution in [2.45, 2.75) is 6.92 Å². The molecule has 7 heteroatoms. The number of benzene rings is 3. The van der Waals surface area contributed by atoms with E-state index in [9.17, 15) is 9.59 Å². The molecule has 3 rings (SSSR count). The Hall–Kier alpha value is -4.00. The van der Waals surface area contributed by atoms with E-state index >= 15 is 0 Å². The minimum Gasteiger partial charge on any atom is -0.493 e. The van der Waals surface area contributed by atoms with Crippen LogP contribution in [0.25, 0.3) is 10.8 Å². The molecule has 0 fully saturated rings. The van der Waals surface area contributed by atoms with Gasteiger partial charge in [0.2, 0.25) is 5.75 Å². The molecule has 0 aliphatic heterocycles. The van der Waals surface area contributed by atoms with E-state index < -0.39 is 5.97 Å². The van der Waals surface area contributed by atoms with Gasteiger partial charge in [0.1, 0.15) is 12.4 Å². The largest absolute Gasteiger partial charge is 0.493 e. The van der Waals surface area contributed by atoms with E-state index in [0.29, 0.717) is 40.7 Å². The van der Waals surface area contributed by atoms with E-state index in [4.69, 9.17) is 23.7 Å². The SMILES string of the molecule is CCOC(=O)/C=C/COc1ccc2ccccc2c1C(=O)c1cc(OC)c(OC)c(OC)c1. The molecule has 0 aromatic heterocycles. The summed E-state index contributed by atoms with van der Waals surface area (Å²) in [5, 5.41) is 1.63. The number of hydrogen-bond donors (Lipinski definition) is 0. The van der Waals surface area contributed by atoms with Gasteiger partial charge in [0.15, 0.2) is 17.3 Å². The van der Waals surface area contributed by atoms with Gasteiger partial charge in [0, 0.05) is 11.6 Å². The number of fused-ring (bicyclic) bond motifs is 1. The van der Waals surface area contributed by atoms with E-state index in [1.54, 1.807) is 31.2 Å². The third-order valence-corrected chi connectivity index (χ3v) is 4.92. The van der Waals surface area contributed by atoms with Crippen molar-refractivity contribution in [1.29, 1.82) is 0 Å². The quantitative estimate of drug-likeness (QED) is 0.254. The summed E-state index contributed by atoms with van der Waals surface area (Å²) in [4.78, 5) is 25.2. The third-order valence-electron chi connectivity index (χ3n) is 4.92. The van der Waals surface area contributed by atoms with Crippen molar-refractivity contribution in [3.8, 4) is 23.0 Å². The summed E-state index contributed by atoms with van der Waals surface area (Å²) in [6.07, 6.45) is 2.84. The zero-order valence-corrected chi connectivity index (χ0v) is 19.0. The molecule has 0 unspecified atom stereocenters. The highest BCUT2D eigenvalue weighted by molar-refractivity contribution is 6.18. The molecule has 33 heavy (non-hydrogen) atoms. The molecule has 7 nitrogen and oxygen atoms in total. The molecule has 0 saturated carbocycles. The van der Waals surface area contributed by atoms with Gasteiger partial charge < -0.3 is 23.7 Å². The van der Waals surface area contributed by atoms with E-state index in [-0.39, 0.29) is 12.4 Å². The Morgan fingerprint density at radius 3 is 2.21 bits per heavy atom. The maximum absolute atomic E-state index is 13.7. The average Bonchev–Trinajstić information content (AvgIpc) is 2.85. The summed E-state index contributed by atoms with van der Waals surface area (Å²) >= 11 is 0. The molecule has 0 bridgehead atoms. The van der Waals surface area contributed by atoms with Crippen LogP contribution >= 0.6 is 0 Å². The van der Waals surface area contributed by atoms with Gasteiger partial charge in [-0.25, -0.2) is 4.79 Å². The molecule has 0 spiro atoms. The Kier molecular flexibility index (Phi) is 7.91. The minimum absolute atomic E-state index is 0.0900. The fraction of sp³-hybridized carbons (Fsp3) is 0.231. The summed E-state index contributed by atoms with van der Waals surface area (Å²) < 4.78 is 26.9. The van der Waals surface area contributed by atoms with Crippen molar-refractivity contribution in [2.75, 3.05) is 34.5 Å². The van der Waals surface area contributed by atoms with Crippen LogP contribution < -0.4 is 18.9 Å². The maximum Gasteiger partial charge on any atom is 0.330 e. The summed E-state index contributed by atoms with van der Waals surface area (Å²) in [6.45, 7) is 2.12. The Balaban J connectivity index is 2.04. The van der Waals surface area contributed by atoms with E-state index in [2.05, 4.69) is 0 Å². The lowest BCUT2D eigenvalue weighted by molar-refractivity contribution is -0.137. The molecule has 0 aliphatic rings. The lowest BCUT2D eigenvalue weighted by Crippen LogP contribution is -2.08. The molecule has 3 aromatic rings. The highest BCUT2D eigenvalue weighted by Gasteiger charge is 2.22. The minimum atomic E-state index is -0.451. The Labute approximate surface area is 192 Å². The second-order valence-corrected chi connectivity index (χ2v) is 6.87. The van der Waals surface area contributed by atoms with Crippen LogP contribution in [0, 0.1) is 0 Å². The van der Waals surface area contributed by atoms with E-state index in [0.717, 1.165) is 10.8 Å². The first kappa shape index (κ1) is 23.7. The molecule has 0 N–H and O–H groups in total. The molecule has 0 heterocycles. The molecule has 0 atom stereocenters. The molecule has 172 valence electrons. The zero-order chi connectivity index (χ0) is 23.8. The molecule has 0 aliphatic carbocycles. The molecule has 0 saturated heterocycles. The number of ketones is 1. The molecule has 0 amide bonds. The van der Waals surface area contributed by atoms with Crippen LogP contribution in [0.1, 0.15) is 22.8 Å². The maximum atomic E-state index is 13.7. The fourth-order valence-corrected chi connectivity index (χ4v) is 3.44. The standard InChI is InChI=1S/C26H26O7/c1-5-32-23(27)11-8-14-33-20-13-12-17-9-6-7-10-19(17)24(20)25(28)18-15-21(29-2)26(31-4)22(16-18)30-3/h6-13,15-16H,5,14H2,1-4H3/b11-8+. The van der Waals surface area contributed by atoms with Gasteiger partial charge in [0.05, 0.1) is 33.5 Å². The Bertz CT molecular complexity index is 1160. The lowest BCUT2D eigenvalue weighted by atomic mass is 9.95. The fourth-order valence-electron chi connectivity index (χ4n) is 3.44. The van der Waals surface area contributed by atoms with Crippen molar-refractivity contribution in [2.24, 2.45) is 0 Å². The predicted molar refractivity (Wildman–Crippen MR) is 125 cm³/mol. The van der Waals surface area contributed by atoms with Gasteiger partial charge in [-0.05, 0) is 42.0 Å². The predicted octanol–water partition coefficient (Wildman–Crippen LogP) is 4.59. The van der Waals surface area contributed by atoms with E-state index in [1.165, 1.54) is 27.4 Å². The van der Waals surface area contributed by atoms with Crippen LogP contribution in [-0.4, -0.2) is 46.3 Å². The first-order valence-electron chi connectivity index (χ1n) is 10.4. The van der Waals surface area contributed by atoms with Crippen LogP contribution in [0.15, 0.2) is 60.7 Å². The van der Waals surface area contributed by atoms with Crippen molar-refractivity contribution < 1.29 is 33.3 Å². The van der Waals surface area contributed by atoms with Crippen molar-refractivity contribution >= 4 is 22.5 Å². The lowest BCUT2D eigenvalue weighted by Gasteiger charge is -2.16. The topological polar surface area (TPSA) is 80.3 Å². The number of methoxy groups -OCH3 is 3. The summed E-state index contributed by atoms with van der Waals surface area (Å²) in [5.74, 6) is 0.820. The average molecular weight is 450 g/mol. The van der Waals surface area contributed by atoms with Crippen LogP contribution in [0.5, 0.6) is 23.0 Å². The summed E-state index contributed by atoms with van der Waals surface area (Å²) in [5.41, 5.74) is 0.750. The third kappa shape index (κ3) is 5.26. The van der Waals surface area contributed by atoms with Crippen molar-refractivity contribution in [1.82, 2.24) is 0 Å². The molecular formula is C26H26O7. The van der Waals surface area contributed by atoms with Gasteiger partial charge >= 0.3 is 5.97 Å². The number of ether oxygens (including phenoxy) is 5. The molecule has 0 radical (unpaired) electrons. The second kappa shape index (κ2) is 11.0. The molecule has 3 aromatic carbocycles. The number of esters is 1. The first-order chi connectivity index (χ1) is 16.0. The highest BCUT2D eigenvalue weighted by Crippen LogP contribution is 2.40. The number of rotatable bonds is 10. The second-order valence-electron chi connectivity index (χ2n) is 6.87. The van der Waals surface area contributed by atoms with E-state index in [1.807, 2.05) is 30.3 Å². The van der Waals surface area contributed by atoms with Crippen LogP contribution in [0.2, 0.25) is 0 Å². The van der Waals surface area contributed by atoms with Crippen molar-refractivity contribution in [3.63, 3.8) is 0 Å². The van der Waals surface area contributed by atoms with Crippen LogP contribution in [0.4, 0.5) is 0 Å². The Morgan fingerprint density at radius 2 is 1.58 bits per heavy atom. The first-order valence-corrected chi connectivity index (χ1v) is 10.4. The number of carbonyl (C=O) groups is 2. The Morgan fingerprint density at radius 1 is 0.879 bits per heavy atom. The smallest absolute Gasteiger partial charge is 0.330 e. The summed E-state index contributed by atoms with van der Waals surface area (Å²) in [7, 11) is 4.49. The van der Waals surface area contributed by atoms with Gasteiger partial charge in [-0.15, -0.1) is 0 Å². The zero-order valence-electron chi connectivity index (χ0n) is 19.0. The van der Waals surface area contributed by atoms with Crippen LogP contribution in [-0.2, 0) is 9.53 Å². The van der Waals surface area contributed by atoms with Gasteiger partial charge in [-0.1, -0.05) is 30.3 Å². The van der Waals surface area contributed by atoms with Gasteiger partial charge in [-0.2, -0.15) is 0 Å². The van der Waals surface area contributed by atoms with Gasteiger partial charge in [-0.3, -0.25) is 4.79 Å². The number of carbonyl (C=O) groups excluding carboxylic acids is 2.